The first-order valence-electron chi connectivity index (χ1n) is 7.49. The van der Waals surface area contributed by atoms with Gasteiger partial charge in [0, 0.05) is 23.9 Å². The summed E-state index contributed by atoms with van der Waals surface area (Å²) in [5.74, 6) is 1.36. The molecule has 0 fully saturated rings. The van der Waals surface area contributed by atoms with Crippen LogP contribution in [-0.2, 0) is 0 Å². The van der Waals surface area contributed by atoms with Crippen LogP contribution in [0.25, 0.3) is 11.4 Å². The molecule has 2 rings (SSSR count). The molecule has 0 amide bonds. The van der Waals surface area contributed by atoms with Crippen molar-refractivity contribution < 1.29 is 4.74 Å². The lowest BCUT2D eigenvalue weighted by Gasteiger charge is -2.17. The Hall–Kier alpha value is -1.36. The molecule has 0 aliphatic heterocycles. The minimum atomic E-state index is 0. The maximum Gasteiger partial charge on any atom is 0.217 e. The van der Waals surface area contributed by atoms with Gasteiger partial charge in [0.25, 0.3) is 0 Å². The molecule has 0 atom stereocenters. The average Bonchev–Trinajstić information content (AvgIpc) is 2.52. The zero-order valence-electron chi connectivity index (χ0n) is 13.9. The highest BCUT2D eigenvalue weighted by atomic mass is 35.5. The zero-order valence-corrected chi connectivity index (χ0v) is 15.5. The molecular weight excluding hydrogens is 333 g/mol. The van der Waals surface area contributed by atoms with Gasteiger partial charge in [-0.3, -0.25) is 0 Å². The van der Waals surface area contributed by atoms with Gasteiger partial charge in [0.15, 0.2) is 5.82 Å². The molecule has 0 aliphatic rings. The summed E-state index contributed by atoms with van der Waals surface area (Å²) in [6.07, 6.45) is 0. The molecule has 0 saturated heterocycles. The zero-order chi connectivity index (χ0) is 15.1. The monoisotopic (exact) mass is 357 g/mol. The average molecular weight is 358 g/mol. The maximum atomic E-state index is 5.79. The first kappa shape index (κ1) is 21.6. The van der Waals surface area contributed by atoms with Crippen LogP contribution in [0.1, 0.15) is 19.5 Å². The smallest absolute Gasteiger partial charge is 0.217 e. The van der Waals surface area contributed by atoms with E-state index in [1.807, 2.05) is 43.3 Å². The van der Waals surface area contributed by atoms with E-state index in [9.17, 15) is 0 Å². The SMILES string of the molecule is CCN(CC)CCOc1cc(C)nc(-c2ccccc2)n1.Cl.Cl. The van der Waals surface area contributed by atoms with Gasteiger partial charge in [-0.1, -0.05) is 44.2 Å². The summed E-state index contributed by atoms with van der Waals surface area (Å²) >= 11 is 0. The minimum Gasteiger partial charge on any atom is -0.476 e. The second kappa shape index (κ2) is 11.2. The highest BCUT2D eigenvalue weighted by Gasteiger charge is 2.06. The summed E-state index contributed by atoms with van der Waals surface area (Å²) in [5.41, 5.74) is 1.93. The molecule has 0 aliphatic carbocycles. The normalized spacial score (nSPS) is 9.91. The van der Waals surface area contributed by atoms with Crippen molar-refractivity contribution in [2.45, 2.75) is 20.8 Å². The van der Waals surface area contributed by atoms with Gasteiger partial charge >= 0.3 is 0 Å². The van der Waals surface area contributed by atoms with Gasteiger partial charge in [-0.2, -0.15) is 4.98 Å². The van der Waals surface area contributed by atoms with Gasteiger partial charge in [0.05, 0.1) is 0 Å². The van der Waals surface area contributed by atoms with Crippen molar-refractivity contribution in [3.63, 3.8) is 0 Å². The Labute approximate surface area is 151 Å². The molecule has 1 heterocycles. The van der Waals surface area contributed by atoms with Crippen LogP contribution in [-0.4, -0.2) is 41.1 Å². The van der Waals surface area contributed by atoms with Crippen molar-refractivity contribution in [1.82, 2.24) is 14.9 Å². The highest BCUT2D eigenvalue weighted by Crippen LogP contribution is 2.18. The Balaban J connectivity index is 0.00000242. The molecule has 2 aromatic rings. The minimum absolute atomic E-state index is 0. The molecular formula is C17H25Cl2N3O. The van der Waals surface area contributed by atoms with Gasteiger partial charge in [-0.05, 0) is 20.0 Å². The van der Waals surface area contributed by atoms with Crippen LogP contribution >= 0.6 is 24.8 Å². The Kier molecular flexibility index (Phi) is 10.6. The molecule has 23 heavy (non-hydrogen) atoms. The molecule has 0 saturated carbocycles. The third-order valence-electron chi connectivity index (χ3n) is 3.41. The Bertz CT molecular complexity index is 563. The van der Waals surface area contributed by atoms with Gasteiger partial charge < -0.3 is 9.64 Å². The molecule has 6 heteroatoms. The van der Waals surface area contributed by atoms with E-state index in [0.717, 1.165) is 30.9 Å². The van der Waals surface area contributed by atoms with Gasteiger partial charge in [-0.25, -0.2) is 4.98 Å². The maximum absolute atomic E-state index is 5.79. The lowest BCUT2D eigenvalue weighted by atomic mass is 10.2. The number of aryl methyl sites for hydroxylation is 1. The van der Waals surface area contributed by atoms with Gasteiger partial charge in [0.1, 0.15) is 6.61 Å². The number of ether oxygens (including phenoxy) is 1. The quantitative estimate of drug-likeness (QED) is 0.749. The second-order valence-electron chi connectivity index (χ2n) is 4.91. The molecule has 128 valence electrons. The molecule has 1 aromatic heterocycles. The first-order chi connectivity index (χ1) is 10.2. The molecule has 0 N–H and O–H groups in total. The van der Waals surface area contributed by atoms with Crippen LogP contribution in [0.2, 0.25) is 0 Å². The molecule has 0 bridgehead atoms. The lowest BCUT2D eigenvalue weighted by molar-refractivity contribution is 0.218. The van der Waals surface area contributed by atoms with E-state index in [0.29, 0.717) is 18.3 Å². The summed E-state index contributed by atoms with van der Waals surface area (Å²) in [6.45, 7) is 9.92. The molecule has 4 nitrogen and oxygen atoms in total. The predicted octanol–water partition coefficient (Wildman–Crippen LogP) is 4.02. The van der Waals surface area contributed by atoms with Crippen molar-refractivity contribution in [2.75, 3.05) is 26.2 Å². The van der Waals surface area contributed by atoms with Gasteiger partial charge in [-0.15, -0.1) is 24.8 Å². The van der Waals surface area contributed by atoms with Crippen LogP contribution in [0.15, 0.2) is 36.4 Å². The lowest BCUT2D eigenvalue weighted by Crippen LogP contribution is -2.28. The fraction of sp³-hybridized carbons (Fsp3) is 0.412. The van der Waals surface area contributed by atoms with E-state index in [1.54, 1.807) is 0 Å². The molecule has 1 aromatic carbocycles. The number of hydrogen-bond acceptors (Lipinski definition) is 4. The third kappa shape index (κ3) is 6.73. The van der Waals surface area contributed by atoms with Crippen LogP contribution in [0.3, 0.4) is 0 Å². The van der Waals surface area contributed by atoms with E-state index in [2.05, 4.69) is 28.7 Å². The van der Waals surface area contributed by atoms with Crippen molar-refractivity contribution in [3.05, 3.63) is 42.1 Å². The van der Waals surface area contributed by atoms with Crippen molar-refractivity contribution in [2.24, 2.45) is 0 Å². The summed E-state index contributed by atoms with van der Waals surface area (Å²) in [7, 11) is 0. The fourth-order valence-corrected chi connectivity index (χ4v) is 2.15. The third-order valence-corrected chi connectivity index (χ3v) is 3.41. The number of aromatic nitrogens is 2. The van der Waals surface area contributed by atoms with Crippen molar-refractivity contribution in [3.8, 4) is 17.3 Å². The number of hydrogen-bond donors (Lipinski definition) is 0. The number of likely N-dealkylation sites (N-methyl/N-ethyl adjacent to an activating group) is 1. The summed E-state index contributed by atoms with van der Waals surface area (Å²) in [5, 5.41) is 0. The Morgan fingerprint density at radius 1 is 1.00 bits per heavy atom. The summed E-state index contributed by atoms with van der Waals surface area (Å²) < 4.78 is 5.79. The van der Waals surface area contributed by atoms with Crippen LogP contribution in [0.4, 0.5) is 0 Å². The van der Waals surface area contributed by atoms with E-state index in [1.165, 1.54) is 0 Å². The van der Waals surface area contributed by atoms with Crippen molar-refractivity contribution in [1.29, 1.82) is 0 Å². The fourth-order valence-electron chi connectivity index (χ4n) is 2.15. The van der Waals surface area contributed by atoms with E-state index in [-0.39, 0.29) is 24.8 Å². The number of halogens is 2. The number of nitrogens with zero attached hydrogens (tertiary/aromatic N) is 3. The van der Waals surface area contributed by atoms with E-state index in [4.69, 9.17) is 4.74 Å². The Morgan fingerprint density at radius 2 is 1.65 bits per heavy atom. The summed E-state index contributed by atoms with van der Waals surface area (Å²) in [4.78, 5) is 11.3. The van der Waals surface area contributed by atoms with Crippen molar-refractivity contribution >= 4 is 24.8 Å². The molecule has 0 unspecified atom stereocenters. The van der Waals surface area contributed by atoms with Gasteiger partial charge in [0.2, 0.25) is 5.88 Å². The standard InChI is InChI=1S/C17H23N3O.2ClH/c1-4-20(5-2)11-12-21-16-13-14(3)18-17(19-16)15-9-7-6-8-10-15;;/h6-10,13H,4-5,11-12H2,1-3H3;2*1H. The largest absolute Gasteiger partial charge is 0.476 e. The first-order valence-corrected chi connectivity index (χ1v) is 7.49. The van der Waals surface area contributed by atoms with Crippen LogP contribution < -0.4 is 4.74 Å². The molecule has 0 radical (unpaired) electrons. The van der Waals surface area contributed by atoms with E-state index >= 15 is 0 Å². The second-order valence-corrected chi connectivity index (χ2v) is 4.91. The molecule has 0 spiro atoms. The van der Waals surface area contributed by atoms with Crippen LogP contribution in [0.5, 0.6) is 5.88 Å². The number of rotatable bonds is 7. The van der Waals surface area contributed by atoms with Crippen LogP contribution in [0, 0.1) is 6.92 Å². The Morgan fingerprint density at radius 3 is 2.26 bits per heavy atom. The van der Waals surface area contributed by atoms with E-state index < -0.39 is 0 Å². The summed E-state index contributed by atoms with van der Waals surface area (Å²) in [6, 6.07) is 11.9. The topological polar surface area (TPSA) is 38.2 Å². The highest BCUT2D eigenvalue weighted by molar-refractivity contribution is 5.85. The number of benzene rings is 1. The predicted molar refractivity (Wildman–Crippen MR) is 100.0 cm³/mol.